The summed E-state index contributed by atoms with van der Waals surface area (Å²) in [6.45, 7) is 11.2. The van der Waals surface area contributed by atoms with E-state index in [0.29, 0.717) is 23.7 Å². The molecule has 0 spiro atoms. The molecule has 0 saturated heterocycles. The number of nitrogens with zero attached hydrogens (tertiary/aromatic N) is 1. The monoisotopic (exact) mass is 378 g/mol. The van der Waals surface area contributed by atoms with Gasteiger partial charge in [-0.1, -0.05) is 25.4 Å². The predicted octanol–water partition coefficient (Wildman–Crippen LogP) is 3.75. The maximum atomic E-state index is 12.2. The lowest BCUT2D eigenvalue weighted by atomic mass is 10.1. The number of benzene rings is 1. The third kappa shape index (κ3) is 5.32. The van der Waals surface area contributed by atoms with Crippen LogP contribution >= 0.6 is 11.6 Å². The number of fused-ring (bicyclic) bond motifs is 1. The van der Waals surface area contributed by atoms with Gasteiger partial charge in [0.2, 0.25) is 5.91 Å². The number of rotatable bonds is 6. The highest BCUT2D eigenvalue weighted by atomic mass is 35.5. The summed E-state index contributed by atoms with van der Waals surface area (Å²) >= 11 is 6.34. The molecule has 2 rings (SSSR count). The number of halogens is 1. The number of amides is 1. The summed E-state index contributed by atoms with van der Waals surface area (Å²) in [6.07, 6.45) is 0.761. The van der Waals surface area contributed by atoms with Crippen molar-refractivity contribution in [1.82, 2.24) is 10.2 Å². The third-order valence-electron chi connectivity index (χ3n) is 4.10. The number of likely N-dealkylation sites (N-methyl/N-ethyl adjacent to an activating group) is 1. The van der Waals surface area contributed by atoms with Crippen LogP contribution in [0.5, 0.6) is 0 Å². The number of aryl methyl sites for hydroxylation is 1. The molecule has 26 heavy (non-hydrogen) atoms. The fraction of sp³-hybridized carbons (Fsp3) is 0.500. The van der Waals surface area contributed by atoms with Gasteiger partial charge in [-0.15, -0.1) is 0 Å². The van der Waals surface area contributed by atoms with E-state index in [1.807, 2.05) is 51.7 Å². The molecule has 0 unspecified atom stereocenters. The van der Waals surface area contributed by atoms with Gasteiger partial charge >= 0.3 is 5.63 Å². The van der Waals surface area contributed by atoms with E-state index in [9.17, 15) is 9.59 Å². The van der Waals surface area contributed by atoms with Gasteiger partial charge in [-0.05, 0) is 57.0 Å². The maximum absolute atomic E-state index is 12.2. The molecule has 6 heteroatoms. The zero-order valence-electron chi connectivity index (χ0n) is 16.1. The maximum Gasteiger partial charge on any atom is 0.336 e. The molecule has 0 atom stereocenters. The Kier molecular flexibility index (Phi) is 6.48. The van der Waals surface area contributed by atoms with Crippen LogP contribution in [0.1, 0.15) is 45.7 Å². The summed E-state index contributed by atoms with van der Waals surface area (Å²) in [5.41, 5.74) is 1.61. The first kappa shape index (κ1) is 20.5. The van der Waals surface area contributed by atoms with E-state index in [1.54, 1.807) is 0 Å². The summed E-state index contributed by atoms with van der Waals surface area (Å²) in [5, 5.41) is 4.42. The van der Waals surface area contributed by atoms with Crippen molar-refractivity contribution < 1.29 is 9.21 Å². The van der Waals surface area contributed by atoms with Crippen molar-refractivity contribution in [3.05, 3.63) is 44.8 Å². The smallest absolute Gasteiger partial charge is 0.336 e. The molecule has 1 aromatic carbocycles. The lowest BCUT2D eigenvalue weighted by molar-refractivity contribution is -0.123. The Balaban J connectivity index is 2.32. The minimum absolute atomic E-state index is 0.0436. The molecule has 0 aliphatic carbocycles. The van der Waals surface area contributed by atoms with Crippen LogP contribution < -0.4 is 10.9 Å². The molecule has 0 aliphatic rings. The van der Waals surface area contributed by atoms with Crippen molar-refractivity contribution in [1.29, 1.82) is 0 Å². The molecule has 0 fully saturated rings. The van der Waals surface area contributed by atoms with Crippen molar-refractivity contribution >= 4 is 28.5 Å². The molecule has 0 bridgehead atoms. The van der Waals surface area contributed by atoms with Crippen molar-refractivity contribution in [2.24, 2.45) is 0 Å². The van der Waals surface area contributed by atoms with E-state index < -0.39 is 5.63 Å². The summed E-state index contributed by atoms with van der Waals surface area (Å²) < 4.78 is 5.35. The van der Waals surface area contributed by atoms with Crippen molar-refractivity contribution in [3.63, 3.8) is 0 Å². The van der Waals surface area contributed by atoms with Crippen LogP contribution in [0, 0.1) is 0 Å². The quantitative estimate of drug-likeness (QED) is 0.777. The van der Waals surface area contributed by atoms with E-state index in [1.165, 1.54) is 6.07 Å². The Morgan fingerprint density at radius 1 is 1.19 bits per heavy atom. The highest BCUT2D eigenvalue weighted by Crippen LogP contribution is 2.26. The van der Waals surface area contributed by atoms with Crippen LogP contribution in [0.3, 0.4) is 0 Å². The first-order chi connectivity index (χ1) is 12.1. The van der Waals surface area contributed by atoms with Gasteiger partial charge in [0.15, 0.2) is 0 Å². The molecule has 1 heterocycles. The zero-order valence-corrected chi connectivity index (χ0v) is 16.9. The van der Waals surface area contributed by atoms with Crippen LogP contribution in [-0.4, -0.2) is 29.4 Å². The highest BCUT2D eigenvalue weighted by molar-refractivity contribution is 6.32. The lowest BCUT2D eigenvalue weighted by Gasteiger charge is -2.25. The van der Waals surface area contributed by atoms with E-state index in [2.05, 4.69) is 5.32 Å². The van der Waals surface area contributed by atoms with Gasteiger partial charge < -0.3 is 9.73 Å². The molecule has 142 valence electrons. The molecule has 0 saturated carbocycles. The van der Waals surface area contributed by atoms with Gasteiger partial charge in [0.25, 0.3) is 0 Å². The van der Waals surface area contributed by atoms with E-state index in [0.717, 1.165) is 22.9 Å². The van der Waals surface area contributed by atoms with Crippen molar-refractivity contribution in [3.8, 4) is 0 Å². The van der Waals surface area contributed by atoms with Gasteiger partial charge in [-0.3, -0.25) is 9.69 Å². The van der Waals surface area contributed by atoms with Gasteiger partial charge in [0.05, 0.1) is 6.54 Å². The Morgan fingerprint density at radius 3 is 2.46 bits per heavy atom. The van der Waals surface area contributed by atoms with E-state index in [-0.39, 0.29) is 18.0 Å². The Hall–Kier alpha value is -1.85. The second kappa shape index (κ2) is 8.23. The summed E-state index contributed by atoms with van der Waals surface area (Å²) in [6, 6.07) is 5.15. The van der Waals surface area contributed by atoms with Crippen molar-refractivity contribution in [2.45, 2.75) is 53.1 Å². The molecule has 0 radical (unpaired) electrons. The summed E-state index contributed by atoms with van der Waals surface area (Å²) in [5.74, 6) is -0.0436. The minimum atomic E-state index is -0.396. The third-order valence-corrected chi connectivity index (χ3v) is 4.45. The second-order valence-electron chi connectivity index (χ2n) is 7.49. The number of hydrogen-bond donors (Lipinski definition) is 1. The summed E-state index contributed by atoms with van der Waals surface area (Å²) in [7, 11) is 0. The first-order valence-electron chi connectivity index (χ1n) is 8.91. The van der Waals surface area contributed by atoms with E-state index in [4.69, 9.17) is 16.0 Å². The normalized spacial score (nSPS) is 12.0. The minimum Gasteiger partial charge on any atom is -0.423 e. The number of carbonyl (C=O) groups is 1. The van der Waals surface area contributed by atoms with Gasteiger partial charge in [0.1, 0.15) is 5.58 Å². The van der Waals surface area contributed by atoms with Crippen LogP contribution in [0.2, 0.25) is 5.02 Å². The summed E-state index contributed by atoms with van der Waals surface area (Å²) in [4.78, 5) is 26.2. The molecular formula is C20H27ClN2O3. The number of nitrogens with one attached hydrogen (secondary N) is 1. The molecule has 1 amide bonds. The molecular weight excluding hydrogens is 352 g/mol. The van der Waals surface area contributed by atoms with Crippen LogP contribution in [0.4, 0.5) is 0 Å². The van der Waals surface area contributed by atoms with Gasteiger partial charge in [0, 0.05) is 28.6 Å². The Bertz CT molecular complexity index is 852. The Labute approximate surface area is 159 Å². The van der Waals surface area contributed by atoms with Gasteiger partial charge in [-0.2, -0.15) is 0 Å². The molecule has 0 aliphatic heterocycles. The zero-order chi connectivity index (χ0) is 19.5. The fourth-order valence-electron chi connectivity index (χ4n) is 2.87. The predicted molar refractivity (Wildman–Crippen MR) is 106 cm³/mol. The highest BCUT2D eigenvalue weighted by Gasteiger charge is 2.18. The van der Waals surface area contributed by atoms with Crippen molar-refractivity contribution in [2.75, 3.05) is 13.1 Å². The molecule has 1 aromatic heterocycles. The number of carbonyl (C=O) groups excluding carboxylic acids is 1. The molecule has 2 aromatic rings. The van der Waals surface area contributed by atoms with Crippen LogP contribution in [-0.2, 0) is 17.8 Å². The first-order valence-corrected chi connectivity index (χ1v) is 9.29. The van der Waals surface area contributed by atoms with Gasteiger partial charge in [-0.25, -0.2) is 4.79 Å². The molecule has 1 N–H and O–H groups in total. The average molecular weight is 379 g/mol. The average Bonchev–Trinajstić information content (AvgIpc) is 2.52. The van der Waals surface area contributed by atoms with E-state index >= 15 is 0 Å². The second-order valence-corrected chi connectivity index (χ2v) is 7.89. The topological polar surface area (TPSA) is 62.6 Å². The van der Waals surface area contributed by atoms with Crippen LogP contribution in [0.15, 0.2) is 27.4 Å². The number of hydrogen-bond acceptors (Lipinski definition) is 4. The lowest BCUT2D eigenvalue weighted by Crippen LogP contribution is -2.45. The fourth-order valence-corrected chi connectivity index (χ4v) is 3.17. The van der Waals surface area contributed by atoms with Crippen LogP contribution in [0.25, 0.3) is 11.0 Å². The standard InChI is InChI=1S/C20H27ClN2O3/c1-6-13-8-17-15(10-16(13)21)14(9-19(25)26-17)11-23(7-2)12-18(24)22-20(3,4)5/h8-10H,6-7,11-12H2,1-5H3,(H,22,24). The SMILES string of the molecule is CCc1cc2oc(=O)cc(CN(CC)CC(=O)NC(C)(C)C)c2cc1Cl. The largest absolute Gasteiger partial charge is 0.423 e. The Morgan fingerprint density at radius 2 is 1.88 bits per heavy atom. The molecule has 5 nitrogen and oxygen atoms in total.